The number of benzene rings is 2. The first-order valence-electron chi connectivity index (χ1n) is 6.82. The summed E-state index contributed by atoms with van der Waals surface area (Å²) in [4.78, 5) is 0.174. The predicted octanol–water partition coefficient (Wildman–Crippen LogP) is 3.05. The molecule has 2 unspecified atom stereocenters. The molecule has 0 saturated heterocycles. The number of halogens is 1. The summed E-state index contributed by atoms with van der Waals surface area (Å²) >= 11 is 5.80. The number of aliphatic hydroxyl groups is 1. The van der Waals surface area contributed by atoms with Crippen LogP contribution in [0.3, 0.4) is 0 Å². The van der Waals surface area contributed by atoms with Crippen molar-refractivity contribution >= 4 is 21.6 Å². The Kier molecular flexibility index (Phi) is 5.24. The lowest BCUT2D eigenvalue weighted by Gasteiger charge is -2.20. The van der Waals surface area contributed by atoms with E-state index >= 15 is 0 Å². The molecule has 2 aromatic rings. The summed E-state index contributed by atoms with van der Waals surface area (Å²) in [5, 5.41) is 10.8. The molecule has 6 heteroatoms. The molecule has 22 heavy (non-hydrogen) atoms. The van der Waals surface area contributed by atoms with Crippen LogP contribution in [0.1, 0.15) is 24.2 Å². The summed E-state index contributed by atoms with van der Waals surface area (Å²) < 4.78 is 27.1. The molecule has 2 N–H and O–H groups in total. The minimum absolute atomic E-state index is 0.174. The monoisotopic (exact) mass is 339 g/mol. The summed E-state index contributed by atoms with van der Waals surface area (Å²) in [6.07, 6.45) is -0.961. The Labute approximate surface area is 135 Å². The van der Waals surface area contributed by atoms with E-state index < -0.39 is 22.2 Å². The maximum Gasteiger partial charge on any atom is 0.240 e. The van der Waals surface area contributed by atoms with Crippen molar-refractivity contribution in [3.63, 3.8) is 0 Å². The van der Waals surface area contributed by atoms with Gasteiger partial charge in [-0.1, -0.05) is 41.4 Å². The normalized spacial score (nSPS) is 14.5. The molecule has 4 nitrogen and oxygen atoms in total. The van der Waals surface area contributed by atoms with Crippen LogP contribution in [-0.4, -0.2) is 19.6 Å². The van der Waals surface area contributed by atoms with Crippen LogP contribution in [0, 0.1) is 6.92 Å². The number of aryl methyl sites for hydroxylation is 1. The van der Waals surface area contributed by atoms with Crippen molar-refractivity contribution in [2.75, 3.05) is 0 Å². The first kappa shape index (κ1) is 17.0. The van der Waals surface area contributed by atoms with Gasteiger partial charge in [0.2, 0.25) is 10.0 Å². The third-order valence-electron chi connectivity index (χ3n) is 3.36. The number of nitrogens with one attached hydrogen (secondary N) is 1. The number of hydrogen-bond donors (Lipinski definition) is 2. The highest BCUT2D eigenvalue weighted by molar-refractivity contribution is 7.89. The molecule has 118 valence electrons. The van der Waals surface area contributed by atoms with E-state index in [1.54, 1.807) is 55.5 Å². The van der Waals surface area contributed by atoms with E-state index in [1.165, 1.54) is 0 Å². The van der Waals surface area contributed by atoms with Gasteiger partial charge in [0.15, 0.2) is 0 Å². The van der Waals surface area contributed by atoms with E-state index in [0.717, 1.165) is 5.56 Å². The van der Waals surface area contributed by atoms with Gasteiger partial charge >= 0.3 is 0 Å². The van der Waals surface area contributed by atoms with Gasteiger partial charge in [-0.3, -0.25) is 0 Å². The van der Waals surface area contributed by atoms with E-state index in [4.69, 9.17) is 11.6 Å². The van der Waals surface area contributed by atoms with Crippen LogP contribution in [0.25, 0.3) is 0 Å². The zero-order valence-electron chi connectivity index (χ0n) is 12.3. The highest BCUT2D eigenvalue weighted by atomic mass is 35.5. The van der Waals surface area contributed by atoms with Crippen LogP contribution < -0.4 is 4.72 Å². The minimum Gasteiger partial charge on any atom is -0.387 e. The average molecular weight is 340 g/mol. The van der Waals surface area contributed by atoms with Crippen molar-refractivity contribution in [2.45, 2.75) is 30.9 Å². The second-order valence-corrected chi connectivity index (χ2v) is 7.37. The minimum atomic E-state index is -3.67. The highest BCUT2D eigenvalue weighted by Gasteiger charge is 2.23. The van der Waals surface area contributed by atoms with Gasteiger partial charge in [0.05, 0.1) is 11.0 Å². The predicted molar refractivity (Wildman–Crippen MR) is 87.4 cm³/mol. The van der Waals surface area contributed by atoms with Crippen LogP contribution in [0.4, 0.5) is 0 Å². The lowest BCUT2D eigenvalue weighted by molar-refractivity contribution is 0.146. The number of sulfonamides is 1. The van der Waals surface area contributed by atoms with Gasteiger partial charge < -0.3 is 5.11 Å². The first-order chi connectivity index (χ1) is 10.3. The molecule has 0 aliphatic heterocycles. The molecule has 0 radical (unpaired) electrons. The molecule has 2 rings (SSSR count). The molecule has 0 amide bonds. The highest BCUT2D eigenvalue weighted by Crippen LogP contribution is 2.21. The largest absolute Gasteiger partial charge is 0.387 e. The average Bonchev–Trinajstić information content (AvgIpc) is 2.47. The van der Waals surface area contributed by atoms with Crippen molar-refractivity contribution in [1.29, 1.82) is 0 Å². The first-order valence-corrected chi connectivity index (χ1v) is 8.68. The second-order valence-electron chi connectivity index (χ2n) is 5.22. The lowest BCUT2D eigenvalue weighted by Crippen LogP contribution is -2.37. The molecular formula is C16H18ClNO3S. The molecule has 0 saturated carbocycles. The summed E-state index contributed by atoms with van der Waals surface area (Å²) in [6, 6.07) is 12.5. The third kappa shape index (κ3) is 4.08. The topological polar surface area (TPSA) is 66.4 Å². The number of aliphatic hydroxyl groups excluding tert-OH is 1. The number of hydrogen-bond acceptors (Lipinski definition) is 3. The summed E-state index contributed by atoms with van der Waals surface area (Å²) in [5.41, 5.74) is 1.58. The Bertz CT molecular complexity index is 727. The van der Waals surface area contributed by atoms with Crippen LogP contribution in [0.15, 0.2) is 53.4 Å². The van der Waals surface area contributed by atoms with Gasteiger partial charge in [0, 0.05) is 11.1 Å². The Balaban J connectivity index is 2.14. The lowest BCUT2D eigenvalue weighted by atomic mass is 10.0. The molecule has 0 spiro atoms. The van der Waals surface area contributed by atoms with Gasteiger partial charge in [-0.2, -0.15) is 0 Å². The summed E-state index contributed by atoms with van der Waals surface area (Å²) in [7, 11) is -3.67. The Hall–Kier alpha value is -1.40. The van der Waals surface area contributed by atoms with Crippen molar-refractivity contribution in [3.8, 4) is 0 Å². The maximum atomic E-state index is 12.3. The SMILES string of the molecule is Cc1ccc(S(=O)(=O)NC(C)C(O)c2ccc(Cl)cc2)cc1. The fourth-order valence-corrected chi connectivity index (χ4v) is 3.42. The van der Waals surface area contributed by atoms with E-state index in [2.05, 4.69) is 4.72 Å². The molecule has 2 atom stereocenters. The number of rotatable bonds is 5. The molecule has 0 aliphatic carbocycles. The van der Waals surface area contributed by atoms with Gasteiger partial charge in [-0.15, -0.1) is 0 Å². The zero-order chi connectivity index (χ0) is 16.3. The third-order valence-corrected chi connectivity index (χ3v) is 5.18. The van der Waals surface area contributed by atoms with Gasteiger partial charge in [-0.05, 0) is 43.7 Å². The Morgan fingerprint density at radius 2 is 1.59 bits per heavy atom. The molecule has 0 fully saturated rings. The Morgan fingerprint density at radius 1 is 1.05 bits per heavy atom. The molecule has 0 aliphatic rings. The van der Waals surface area contributed by atoms with Gasteiger partial charge in [0.25, 0.3) is 0 Å². The van der Waals surface area contributed by atoms with Crippen molar-refractivity contribution in [3.05, 3.63) is 64.7 Å². The fraction of sp³-hybridized carbons (Fsp3) is 0.250. The van der Waals surface area contributed by atoms with Crippen molar-refractivity contribution in [1.82, 2.24) is 4.72 Å². The zero-order valence-corrected chi connectivity index (χ0v) is 13.9. The summed E-state index contributed by atoms with van der Waals surface area (Å²) in [5.74, 6) is 0. The smallest absolute Gasteiger partial charge is 0.240 e. The molecular weight excluding hydrogens is 322 g/mol. The van der Waals surface area contributed by atoms with Gasteiger partial charge in [-0.25, -0.2) is 13.1 Å². The van der Waals surface area contributed by atoms with Crippen molar-refractivity contribution < 1.29 is 13.5 Å². The maximum absolute atomic E-state index is 12.3. The van der Waals surface area contributed by atoms with Crippen LogP contribution in [-0.2, 0) is 10.0 Å². The van der Waals surface area contributed by atoms with Crippen molar-refractivity contribution in [2.24, 2.45) is 0 Å². The second kappa shape index (κ2) is 6.79. The van der Waals surface area contributed by atoms with E-state index in [0.29, 0.717) is 10.6 Å². The van der Waals surface area contributed by atoms with Crippen LogP contribution in [0.5, 0.6) is 0 Å². The van der Waals surface area contributed by atoms with Crippen LogP contribution >= 0.6 is 11.6 Å². The van der Waals surface area contributed by atoms with E-state index in [-0.39, 0.29) is 4.90 Å². The van der Waals surface area contributed by atoms with Crippen LogP contribution in [0.2, 0.25) is 5.02 Å². The molecule has 0 bridgehead atoms. The fourth-order valence-electron chi connectivity index (χ4n) is 2.04. The quantitative estimate of drug-likeness (QED) is 0.879. The molecule has 0 heterocycles. The van der Waals surface area contributed by atoms with E-state index in [1.807, 2.05) is 6.92 Å². The molecule has 2 aromatic carbocycles. The standard InChI is InChI=1S/C16H18ClNO3S/c1-11-3-9-15(10-4-11)22(20,21)18-12(2)16(19)13-5-7-14(17)8-6-13/h3-10,12,16,18-19H,1-2H3. The van der Waals surface area contributed by atoms with Gasteiger partial charge in [0.1, 0.15) is 0 Å². The van der Waals surface area contributed by atoms with E-state index in [9.17, 15) is 13.5 Å². The Morgan fingerprint density at radius 3 is 2.14 bits per heavy atom. The molecule has 0 aromatic heterocycles. The summed E-state index contributed by atoms with van der Waals surface area (Å²) in [6.45, 7) is 3.50.